The predicted octanol–water partition coefficient (Wildman–Crippen LogP) is 4.38. The minimum atomic E-state index is -0.458. The van der Waals surface area contributed by atoms with Gasteiger partial charge in [0.1, 0.15) is 0 Å². The van der Waals surface area contributed by atoms with Gasteiger partial charge in [0.25, 0.3) is 5.56 Å². The minimum absolute atomic E-state index is 0.114. The Morgan fingerprint density at radius 1 is 1.06 bits per heavy atom. The van der Waals surface area contributed by atoms with Gasteiger partial charge in [0, 0.05) is 0 Å². The fourth-order valence-electron chi connectivity index (χ4n) is 3.58. The monoisotopic (exact) mass is 456 g/mol. The van der Waals surface area contributed by atoms with Crippen LogP contribution in [0.1, 0.15) is 28.4 Å². The van der Waals surface area contributed by atoms with Crippen molar-refractivity contribution in [2.24, 2.45) is 0 Å². The highest BCUT2D eigenvalue weighted by molar-refractivity contribution is 7.15. The van der Waals surface area contributed by atoms with E-state index in [0.717, 1.165) is 22.2 Å². The third-order valence-corrected chi connectivity index (χ3v) is 6.17. The van der Waals surface area contributed by atoms with E-state index in [-0.39, 0.29) is 5.56 Å². The van der Waals surface area contributed by atoms with Crippen LogP contribution in [0.4, 0.5) is 0 Å². The van der Waals surface area contributed by atoms with Crippen LogP contribution in [0.3, 0.4) is 0 Å². The smallest absolute Gasteiger partial charge is 0.343 e. The fraction of sp³-hybridized carbons (Fsp3) is 0.115. The molecule has 0 amide bonds. The third kappa shape index (κ3) is 3.99. The number of hydrogen-bond donors (Lipinski definition) is 0. The maximum Gasteiger partial charge on any atom is 0.343 e. The van der Waals surface area contributed by atoms with Gasteiger partial charge in [0.15, 0.2) is 16.5 Å². The molecule has 0 N–H and O–H groups in total. The van der Waals surface area contributed by atoms with Crippen LogP contribution in [-0.4, -0.2) is 22.0 Å². The summed E-state index contributed by atoms with van der Waals surface area (Å²) < 4.78 is 13.5. The number of aromatic nitrogens is 2. The molecule has 0 aliphatic heterocycles. The summed E-state index contributed by atoms with van der Waals surface area (Å²) in [6.07, 6.45) is 1.80. The molecular formula is C26H20N2O4S. The topological polar surface area (TPSA) is 69.9 Å². The first-order valence-corrected chi connectivity index (χ1v) is 11.3. The van der Waals surface area contributed by atoms with Crippen molar-refractivity contribution in [3.63, 3.8) is 0 Å². The number of nitrogens with zero attached hydrogens (tertiary/aromatic N) is 2. The molecule has 0 unspecified atom stereocenters. The summed E-state index contributed by atoms with van der Waals surface area (Å²) in [7, 11) is 0. The Bertz CT molecular complexity index is 1600. The second-order valence-electron chi connectivity index (χ2n) is 7.53. The molecule has 7 heteroatoms. The zero-order valence-corrected chi connectivity index (χ0v) is 18.9. The zero-order valence-electron chi connectivity index (χ0n) is 18.1. The number of imidazole rings is 1. The Hall–Kier alpha value is -3.97. The number of rotatable bonds is 5. The van der Waals surface area contributed by atoms with Gasteiger partial charge in [-0.3, -0.25) is 4.79 Å². The molecule has 0 atom stereocenters. The number of hydrogen-bond acceptors (Lipinski definition) is 6. The lowest BCUT2D eigenvalue weighted by atomic mass is 10.1. The summed E-state index contributed by atoms with van der Waals surface area (Å²) >= 11 is 1.33. The lowest BCUT2D eigenvalue weighted by Crippen LogP contribution is -2.22. The summed E-state index contributed by atoms with van der Waals surface area (Å²) in [5.74, 6) is 0.306. The summed E-state index contributed by atoms with van der Waals surface area (Å²) in [5.41, 5.74) is 3.76. The Morgan fingerprint density at radius 2 is 1.85 bits per heavy atom. The minimum Gasteiger partial charge on any atom is -0.490 e. The molecule has 0 saturated heterocycles. The van der Waals surface area contributed by atoms with Crippen molar-refractivity contribution in [1.29, 1.82) is 0 Å². The van der Waals surface area contributed by atoms with Crippen LogP contribution in [0, 0.1) is 6.92 Å². The second-order valence-corrected chi connectivity index (χ2v) is 8.54. The highest BCUT2D eigenvalue weighted by atomic mass is 32.1. The van der Waals surface area contributed by atoms with Gasteiger partial charge in [0.05, 0.1) is 27.7 Å². The number of benzene rings is 3. The highest BCUT2D eigenvalue weighted by Crippen LogP contribution is 2.29. The molecule has 6 nitrogen and oxygen atoms in total. The standard InChI is InChI=1S/C26H20N2O4S/c1-3-31-22-14-17(10-13-21(22)32-25(30)18-11-8-16(2)9-12-18)15-23-24(29)28-20-7-5-4-6-19(20)27-26(28)33-23/h4-15H,3H2,1-2H3/b23-15+. The average Bonchev–Trinajstić information content (AvgIpc) is 3.32. The van der Waals surface area contributed by atoms with Gasteiger partial charge < -0.3 is 9.47 Å². The largest absolute Gasteiger partial charge is 0.490 e. The lowest BCUT2D eigenvalue weighted by molar-refractivity contribution is 0.0728. The summed E-state index contributed by atoms with van der Waals surface area (Å²) in [5, 5.41) is 0. The second kappa shape index (κ2) is 8.52. The van der Waals surface area contributed by atoms with E-state index >= 15 is 0 Å². The third-order valence-electron chi connectivity index (χ3n) is 5.20. The van der Waals surface area contributed by atoms with Crippen molar-refractivity contribution in [3.8, 4) is 11.5 Å². The van der Waals surface area contributed by atoms with Crippen molar-refractivity contribution in [2.75, 3.05) is 6.61 Å². The van der Waals surface area contributed by atoms with Crippen LogP contribution in [0.25, 0.3) is 22.1 Å². The summed E-state index contributed by atoms with van der Waals surface area (Å²) in [6.45, 7) is 4.22. The van der Waals surface area contributed by atoms with Crippen LogP contribution in [0.15, 0.2) is 71.5 Å². The molecule has 0 bridgehead atoms. The first kappa shape index (κ1) is 20.9. The molecule has 0 spiro atoms. The van der Waals surface area contributed by atoms with Gasteiger partial charge >= 0.3 is 5.97 Å². The van der Waals surface area contributed by atoms with Crippen LogP contribution in [0.5, 0.6) is 11.5 Å². The van der Waals surface area contributed by atoms with Gasteiger partial charge in [-0.15, -0.1) is 0 Å². The highest BCUT2D eigenvalue weighted by Gasteiger charge is 2.14. The van der Waals surface area contributed by atoms with Crippen molar-refractivity contribution in [3.05, 3.63) is 98.3 Å². The van der Waals surface area contributed by atoms with Crippen molar-refractivity contribution in [1.82, 2.24) is 9.38 Å². The number of aryl methyl sites for hydroxylation is 1. The molecule has 33 heavy (non-hydrogen) atoms. The molecule has 3 aromatic carbocycles. The average molecular weight is 457 g/mol. The lowest BCUT2D eigenvalue weighted by Gasteiger charge is -2.11. The molecule has 5 aromatic rings. The van der Waals surface area contributed by atoms with Crippen molar-refractivity contribution < 1.29 is 14.3 Å². The van der Waals surface area contributed by atoms with E-state index in [9.17, 15) is 9.59 Å². The van der Waals surface area contributed by atoms with E-state index in [1.165, 1.54) is 11.3 Å². The Kier molecular flexibility index (Phi) is 5.40. The van der Waals surface area contributed by atoms with E-state index in [1.807, 2.05) is 50.2 Å². The Labute approximate surface area is 193 Å². The van der Waals surface area contributed by atoms with Crippen molar-refractivity contribution >= 4 is 39.4 Å². The summed E-state index contributed by atoms with van der Waals surface area (Å²) in [4.78, 5) is 30.8. The molecule has 0 radical (unpaired) electrons. The van der Waals surface area contributed by atoms with E-state index in [0.29, 0.717) is 33.2 Å². The van der Waals surface area contributed by atoms with Gasteiger partial charge in [-0.05, 0) is 61.9 Å². The van der Waals surface area contributed by atoms with Crippen LogP contribution in [-0.2, 0) is 0 Å². The maximum atomic E-state index is 13.0. The number of thiazole rings is 1. The van der Waals surface area contributed by atoms with Gasteiger partial charge in [0.2, 0.25) is 0 Å². The number of fused-ring (bicyclic) bond motifs is 3. The molecule has 2 heterocycles. The Morgan fingerprint density at radius 3 is 2.64 bits per heavy atom. The van der Waals surface area contributed by atoms with Crippen molar-refractivity contribution in [2.45, 2.75) is 13.8 Å². The maximum absolute atomic E-state index is 13.0. The van der Waals surface area contributed by atoms with Crippen LogP contribution >= 0.6 is 11.3 Å². The van der Waals surface area contributed by atoms with Crippen LogP contribution < -0.4 is 19.6 Å². The predicted molar refractivity (Wildman–Crippen MR) is 129 cm³/mol. The molecule has 164 valence electrons. The number of esters is 1. The SMILES string of the molecule is CCOc1cc(/C=c2/sc3nc4ccccc4n3c2=O)ccc1OC(=O)c1ccc(C)cc1. The molecule has 2 aromatic heterocycles. The number of carbonyl (C=O) groups is 1. The molecule has 0 aliphatic carbocycles. The van der Waals surface area contributed by atoms with E-state index in [1.54, 1.807) is 40.8 Å². The van der Waals surface area contributed by atoms with Gasteiger partial charge in [-0.2, -0.15) is 0 Å². The molecule has 0 saturated carbocycles. The van der Waals surface area contributed by atoms with Gasteiger partial charge in [-0.1, -0.05) is 47.2 Å². The molecule has 0 aliphatic rings. The first-order chi connectivity index (χ1) is 16.0. The molecule has 0 fully saturated rings. The zero-order chi connectivity index (χ0) is 22.9. The number of carbonyl (C=O) groups excluding carboxylic acids is 1. The van der Waals surface area contributed by atoms with Gasteiger partial charge in [-0.25, -0.2) is 14.2 Å². The normalized spacial score (nSPS) is 11.9. The number of ether oxygens (including phenoxy) is 2. The van der Waals surface area contributed by atoms with E-state index in [2.05, 4.69) is 4.98 Å². The van der Waals surface area contributed by atoms with E-state index in [4.69, 9.17) is 9.47 Å². The summed E-state index contributed by atoms with van der Waals surface area (Å²) in [6, 6.07) is 20.0. The first-order valence-electron chi connectivity index (χ1n) is 10.5. The Balaban J connectivity index is 1.50. The quantitative estimate of drug-likeness (QED) is 0.290. The molecule has 5 rings (SSSR count). The molecular weight excluding hydrogens is 436 g/mol. The fourth-order valence-corrected chi connectivity index (χ4v) is 4.57. The van der Waals surface area contributed by atoms with E-state index < -0.39 is 5.97 Å². The van der Waals surface area contributed by atoms with Crippen LogP contribution in [0.2, 0.25) is 0 Å². The number of para-hydroxylation sites is 2.